The molecule has 6 heteroatoms. The lowest BCUT2D eigenvalue weighted by Gasteiger charge is -2.45. The molecule has 0 aromatic carbocycles. The highest BCUT2D eigenvalue weighted by Gasteiger charge is 2.52. The number of rotatable bonds is 5. The molecule has 1 saturated heterocycles. The SMILES string of the molecule is CC1=C2C[C@@H]3C(CSC[C@H](N)C(=O)O)C(=O)O[C@@H]3C[C@@]2(C)CCC1. The van der Waals surface area contributed by atoms with Crippen LogP contribution in [-0.2, 0) is 14.3 Å². The van der Waals surface area contributed by atoms with Crippen molar-refractivity contribution in [1.82, 2.24) is 0 Å². The number of allylic oxidation sites excluding steroid dienone is 2. The minimum atomic E-state index is -0.995. The third-order valence-corrected chi connectivity index (χ3v) is 7.28. The van der Waals surface area contributed by atoms with Crippen molar-refractivity contribution in [3.8, 4) is 0 Å². The van der Waals surface area contributed by atoms with Gasteiger partial charge in [-0.05, 0) is 44.4 Å². The number of carbonyl (C=O) groups excluding carboxylic acids is 1. The first-order valence-corrected chi connectivity index (χ1v) is 9.93. The molecule has 3 N–H and O–H groups in total. The fourth-order valence-corrected chi connectivity index (χ4v) is 5.87. The van der Waals surface area contributed by atoms with Gasteiger partial charge in [-0.25, -0.2) is 0 Å². The van der Waals surface area contributed by atoms with E-state index in [9.17, 15) is 9.59 Å². The van der Waals surface area contributed by atoms with Crippen LogP contribution in [0.25, 0.3) is 0 Å². The van der Waals surface area contributed by atoms with E-state index in [1.54, 1.807) is 5.57 Å². The standard InChI is InChI=1S/C18H27NO4S/c1-10-4-3-5-18(2)7-15-11(6-13(10)18)12(17(22)23-15)8-24-9-14(19)16(20)21/h11-12,14-15H,3-9,19H2,1-2H3,(H,20,21)/t11-,12?,14+,15-,18-/m1/s1. The minimum absolute atomic E-state index is 0.0240. The summed E-state index contributed by atoms with van der Waals surface area (Å²) in [5.41, 5.74) is 8.79. The Kier molecular flexibility index (Phi) is 4.98. The van der Waals surface area contributed by atoms with E-state index < -0.39 is 12.0 Å². The summed E-state index contributed by atoms with van der Waals surface area (Å²) in [6, 6.07) is -0.874. The molecule has 2 fully saturated rings. The van der Waals surface area contributed by atoms with Crippen LogP contribution in [0.3, 0.4) is 0 Å². The molecule has 0 amide bonds. The zero-order chi connectivity index (χ0) is 17.5. The molecule has 1 aliphatic heterocycles. The number of carboxylic acid groups (broad SMARTS) is 1. The Morgan fingerprint density at radius 2 is 2.29 bits per heavy atom. The summed E-state index contributed by atoms with van der Waals surface area (Å²) in [6.45, 7) is 4.56. The van der Waals surface area contributed by atoms with Gasteiger partial charge < -0.3 is 15.6 Å². The molecule has 3 aliphatic rings. The summed E-state index contributed by atoms with van der Waals surface area (Å²) < 4.78 is 5.71. The van der Waals surface area contributed by atoms with Crippen LogP contribution in [0.5, 0.6) is 0 Å². The van der Waals surface area contributed by atoms with Crippen LogP contribution in [0.2, 0.25) is 0 Å². The lowest BCUT2D eigenvalue weighted by Crippen LogP contribution is -2.39. The molecule has 3 rings (SSSR count). The van der Waals surface area contributed by atoms with E-state index in [0.717, 1.165) is 12.8 Å². The van der Waals surface area contributed by atoms with Crippen molar-refractivity contribution in [3.63, 3.8) is 0 Å². The van der Waals surface area contributed by atoms with E-state index in [1.807, 2.05) is 0 Å². The van der Waals surface area contributed by atoms with E-state index in [2.05, 4.69) is 13.8 Å². The Labute approximate surface area is 147 Å². The second kappa shape index (κ2) is 6.71. The molecular weight excluding hydrogens is 326 g/mol. The number of hydrogen-bond acceptors (Lipinski definition) is 5. The van der Waals surface area contributed by atoms with Gasteiger partial charge in [0, 0.05) is 17.4 Å². The minimum Gasteiger partial charge on any atom is -0.480 e. The number of esters is 1. The molecule has 24 heavy (non-hydrogen) atoms. The summed E-state index contributed by atoms with van der Waals surface area (Å²) in [6.07, 6.45) is 5.50. The molecule has 2 aliphatic carbocycles. The fourth-order valence-electron chi connectivity index (χ4n) is 4.70. The van der Waals surface area contributed by atoms with Crippen LogP contribution in [0.15, 0.2) is 11.1 Å². The van der Waals surface area contributed by atoms with Crippen molar-refractivity contribution in [3.05, 3.63) is 11.1 Å². The molecule has 0 aromatic heterocycles. The average Bonchev–Trinajstić information content (AvgIpc) is 2.79. The zero-order valence-corrected chi connectivity index (χ0v) is 15.2. The number of nitrogens with two attached hydrogens (primary N) is 1. The van der Waals surface area contributed by atoms with Gasteiger partial charge in [-0.1, -0.05) is 18.1 Å². The first kappa shape index (κ1) is 17.8. The van der Waals surface area contributed by atoms with Crippen molar-refractivity contribution in [2.75, 3.05) is 11.5 Å². The van der Waals surface area contributed by atoms with Gasteiger partial charge in [-0.15, -0.1) is 0 Å². The summed E-state index contributed by atoms with van der Waals surface area (Å²) in [5, 5.41) is 8.86. The number of carboxylic acids is 1. The van der Waals surface area contributed by atoms with Gasteiger partial charge >= 0.3 is 11.9 Å². The highest BCUT2D eigenvalue weighted by atomic mass is 32.2. The smallest absolute Gasteiger partial charge is 0.321 e. The molecule has 1 heterocycles. The fraction of sp³-hybridized carbons (Fsp3) is 0.778. The van der Waals surface area contributed by atoms with Gasteiger partial charge in [0.05, 0.1) is 5.92 Å². The first-order chi connectivity index (χ1) is 11.3. The van der Waals surface area contributed by atoms with E-state index in [4.69, 9.17) is 15.6 Å². The van der Waals surface area contributed by atoms with Crippen LogP contribution >= 0.6 is 11.8 Å². The van der Waals surface area contributed by atoms with Crippen LogP contribution in [0, 0.1) is 17.3 Å². The predicted molar refractivity (Wildman–Crippen MR) is 93.7 cm³/mol. The Hall–Kier alpha value is -1.01. The van der Waals surface area contributed by atoms with Crippen LogP contribution in [0.4, 0.5) is 0 Å². The summed E-state index contributed by atoms with van der Waals surface area (Å²) in [7, 11) is 0. The van der Waals surface area contributed by atoms with Gasteiger partial charge in [0.2, 0.25) is 0 Å². The van der Waals surface area contributed by atoms with E-state index >= 15 is 0 Å². The van der Waals surface area contributed by atoms with Gasteiger partial charge in [0.1, 0.15) is 12.1 Å². The molecule has 134 valence electrons. The molecular formula is C18H27NO4S. The summed E-state index contributed by atoms with van der Waals surface area (Å²) in [5.74, 6) is -0.0670. The van der Waals surface area contributed by atoms with Gasteiger partial charge in [-0.2, -0.15) is 11.8 Å². The first-order valence-electron chi connectivity index (χ1n) is 8.77. The Bertz CT molecular complexity index is 575. The number of hydrogen-bond donors (Lipinski definition) is 2. The van der Waals surface area contributed by atoms with Crippen molar-refractivity contribution >= 4 is 23.7 Å². The van der Waals surface area contributed by atoms with Crippen LogP contribution in [0.1, 0.15) is 46.0 Å². The number of thioether (sulfide) groups is 1. The van der Waals surface area contributed by atoms with Gasteiger partial charge in [0.25, 0.3) is 0 Å². The summed E-state index contributed by atoms with van der Waals surface area (Å²) in [4.78, 5) is 23.2. The number of fused-ring (bicyclic) bond motifs is 2. The van der Waals surface area contributed by atoms with E-state index in [-0.39, 0.29) is 29.3 Å². The maximum atomic E-state index is 12.3. The molecule has 1 saturated carbocycles. The second-order valence-electron chi connectivity index (χ2n) is 7.81. The van der Waals surface area contributed by atoms with Gasteiger partial charge in [0.15, 0.2) is 0 Å². The van der Waals surface area contributed by atoms with E-state index in [1.165, 1.54) is 36.6 Å². The Morgan fingerprint density at radius 1 is 1.54 bits per heavy atom. The topological polar surface area (TPSA) is 89.6 Å². The highest BCUT2D eigenvalue weighted by Crippen LogP contribution is 2.55. The van der Waals surface area contributed by atoms with Crippen molar-refractivity contribution < 1.29 is 19.4 Å². The quantitative estimate of drug-likeness (QED) is 0.583. The maximum Gasteiger partial charge on any atom is 0.321 e. The lowest BCUT2D eigenvalue weighted by molar-refractivity contribution is -0.144. The molecule has 0 bridgehead atoms. The molecule has 0 radical (unpaired) electrons. The van der Waals surface area contributed by atoms with Crippen LogP contribution < -0.4 is 5.73 Å². The average molecular weight is 353 g/mol. The molecule has 5 nitrogen and oxygen atoms in total. The normalized spacial score (nSPS) is 36.8. The number of carbonyl (C=O) groups is 2. The second-order valence-corrected chi connectivity index (χ2v) is 8.88. The third kappa shape index (κ3) is 3.23. The monoisotopic (exact) mass is 353 g/mol. The number of aliphatic carboxylic acids is 1. The lowest BCUT2D eigenvalue weighted by atomic mass is 9.60. The molecule has 5 atom stereocenters. The maximum absolute atomic E-state index is 12.3. The van der Waals surface area contributed by atoms with Crippen molar-refractivity contribution in [2.45, 2.75) is 58.1 Å². The van der Waals surface area contributed by atoms with Crippen molar-refractivity contribution in [2.24, 2.45) is 23.0 Å². The Balaban J connectivity index is 1.68. The van der Waals surface area contributed by atoms with Gasteiger partial charge in [-0.3, -0.25) is 9.59 Å². The molecule has 0 spiro atoms. The summed E-state index contributed by atoms with van der Waals surface area (Å²) >= 11 is 1.45. The molecule has 1 unspecified atom stereocenters. The van der Waals surface area contributed by atoms with Crippen LogP contribution in [-0.4, -0.2) is 40.7 Å². The third-order valence-electron chi connectivity index (χ3n) is 6.09. The largest absolute Gasteiger partial charge is 0.480 e. The predicted octanol–water partition coefficient (Wildman–Crippen LogP) is 2.59. The number of ether oxygens (including phenoxy) is 1. The Morgan fingerprint density at radius 3 is 3.00 bits per heavy atom. The molecule has 0 aromatic rings. The zero-order valence-electron chi connectivity index (χ0n) is 14.4. The van der Waals surface area contributed by atoms with Crippen molar-refractivity contribution in [1.29, 1.82) is 0 Å². The highest BCUT2D eigenvalue weighted by molar-refractivity contribution is 7.99. The van der Waals surface area contributed by atoms with E-state index in [0.29, 0.717) is 11.5 Å².